The fourth-order valence-corrected chi connectivity index (χ4v) is 4.19. The summed E-state index contributed by atoms with van der Waals surface area (Å²) >= 11 is 0. The summed E-state index contributed by atoms with van der Waals surface area (Å²) in [5.74, 6) is 0.766. The van der Waals surface area contributed by atoms with E-state index in [1.807, 2.05) is 43.5 Å². The lowest BCUT2D eigenvalue weighted by Crippen LogP contribution is -2.48. The van der Waals surface area contributed by atoms with Gasteiger partial charge in [0.1, 0.15) is 29.5 Å². The first-order chi connectivity index (χ1) is 17.4. The summed E-state index contributed by atoms with van der Waals surface area (Å²) in [6, 6.07) is 17.2. The number of aliphatic hydroxyl groups is 1. The van der Waals surface area contributed by atoms with Crippen molar-refractivity contribution in [2.45, 2.75) is 32.0 Å². The van der Waals surface area contributed by atoms with Crippen LogP contribution in [0, 0.1) is 12.7 Å². The van der Waals surface area contributed by atoms with Crippen LogP contribution in [0.25, 0.3) is 0 Å². The van der Waals surface area contributed by atoms with E-state index in [1.54, 1.807) is 22.8 Å². The zero-order valence-corrected chi connectivity index (χ0v) is 20.6. The van der Waals surface area contributed by atoms with Crippen molar-refractivity contribution >= 4 is 0 Å². The van der Waals surface area contributed by atoms with Crippen LogP contribution in [0.3, 0.4) is 0 Å². The maximum Gasteiger partial charge on any atom is 0.250 e. The highest BCUT2D eigenvalue weighted by Gasteiger charge is 2.33. The lowest BCUT2D eigenvalue weighted by atomic mass is 10.1. The van der Waals surface area contributed by atoms with Crippen molar-refractivity contribution in [3.05, 3.63) is 94.2 Å². The van der Waals surface area contributed by atoms with Gasteiger partial charge in [-0.3, -0.25) is 9.69 Å². The third kappa shape index (κ3) is 7.65. The summed E-state index contributed by atoms with van der Waals surface area (Å²) in [5, 5.41) is 11.1. The molecule has 0 spiro atoms. The van der Waals surface area contributed by atoms with Crippen LogP contribution in [0.5, 0.6) is 11.5 Å². The van der Waals surface area contributed by atoms with Crippen LogP contribution in [-0.4, -0.2) is 59.7 Å². The van der Waals surface area contributed by atoms with Crippen molar-refractivity contribution < 1.29 is 23.7 Å². The average Bonchev–Trinajstić information content (AvgIpc) is 3.05. The van der Waals surface area contributed by atoms with Crippen molar-refractivity contribution in [1.29, 1.82) is 0 Å². The fourth-order valence-electron chi connectivity index (χ4n) is 4.19. The molecule has 1 fully saturated rings. The van der Waals surface area contributed by atoms with E-state index in [0.717, 1.165) is 23.3 Å². The molecule has 0 bridgehead atoms. The van der Waals surface area contributed by atoms with Gasteiger partial charge in [-0.2, -0.15) is 0 Å². The number of aromatic nitrogens is 1. The summed E-state index contributed by atoms with van der Waals surface area (Å²) in [5.41, 5.74) is 0.936. The predicted molar refractivity (Wildman–Crippen MR) is 135 cm³/mol. The fraction of sp³-hybridized carbons (Fsp3) is 0.393. The number of hydrogen-bond acceptors (Lipinski definition) is 6. The molecule has 4 rings (SSSR count). The lowest BCUT2D eigenvalue weighted by Gasteiger charge is -2.30. The largest absolute Gasteiger partial charge is 0.494 e. The van der Waals surface area contributed by atoms with E-state index in [9.17, 15) is 14.3 Å². The van der Waals surface area contributed by atoms with Gasteiger partial charge < -0.3 is 23.9 Å². The first kappa shape index (κ1) is 25.9. The Balaban J connectivity index is 1.25. The Kier molecular flexibility index (Phi) is 8.74. The first-order valence-corrected chi connectivity index (χ1v) is 12.2. The summed E-state index contributed by atoms with van der Waals surface area (Å²) in [6.07, 6.45) is 2.59. The van der Waals surface area contributed by atoms with Gasteiger partial charge in [-0.15, -0.1) is 0 Å². The van der Waals surface area contributed by atoms with Crippen molar-refractivity contribution in [3.63, 3.8) is 0 Å². The number of hydrogen-bond donors (Lipinski definition) is 1. The Morgan fingerprint density at radius 1 is 1.08 bits per heavy atom. The number of halogens is 1. The first-order valence-electron chi connectivity index (χ1n) is 12.2. The highest BCUT2D eigenvalue weighted by molar-refractivity contribution is 5.27. The Morgan fingerprint density at radius 2 is 1.92 bits per heavy atom. The standard InChI is InChI=1S/C28H33FN2O5/c1-22-6-11-27(32)31(17-22)12-3-14-35-25-9-7-23(8-10-25)18-30-13-15-34-20-28(33,19-30)21-36-26-5-2-4-24(29)16-26/h2,4-11,16-17,33H,3,12-15,18-21H2,1H3/t28-/m0/s1. The van der Waals surface area contributed by atoms with Crippen LogP contribution in [0.1, 0.15) is 17.5 Å². The Hall–Kier alpha value is -3.20. The number of pyridine rings is 1. The molecule has 36 heavy (non-hydrogen) atoms. The summed E-state index contributed by atoms with van der Waals surface area (Å²) in [4.78, 5) is 14.0. The van der Waals surface area contributed by atoms with Gasteiger partial charge in [0.25, 0.3) is 5.56 Å². The predicted octanol–water partition coefficient (Wildman–Crippen LogP) is 3.41. The van der Waals surface area contributed by atoms with Crippen LogP contribution >= 0.6 is 0 Å². The molecule has 0 aliphatic carbocycles. The van der Waals surface area contributed by atoms with Crippen LogP contribution in [-0.2, 0) is 17.8 Å². The molecule has 1 atom stereocenters. The normalized spacial score (nSPS) is 18.5. The summed E-state index contributed by atoms with van der Waals surface area (Å²) in [7, 11) is 0. The van der Waals surface area contributed by atoms with E-state index in [4.69, 9.17) is 14.2 Å². The third-order valence-corrected chi connectivity index (χ3v) is 6.02. The number of rotatable bonds is 10. The molecule has 0 unspecified atom stereocenters. The van der Waals surface area contributed by atoms with E-state index < -0.39 is 5.60 Å². The van der Waals surface area contributed by atoms with Gasteiger partial charge in [0.05, 0.1) is 19.8 Å². The molecule has 3 aromatic rings. The van der Waals surface area contributed by atoms with Crippen LogP contribution in [0.15, 0.2) is 71.7 Å². The lowest BCUT2D eigenvalue weighted by molar-refractivity contribution is -0.0647. The highest BCUT2D eigenvalue weighted by atomic mass is 19.1. The van der Waals surface area contributed by atoms with E-state index in [2.05, 4.69) is 4.90 Å². The van der Waals surface area contributed by atoms with Crippen molar-refractivity contribution in [2.75, 3.05) is 39.5 Å². The van der Waals surface area contributed by atoms with Crippen LogP contribution in [0.2, 0.25) is 0 Å². The minimum atomic E-state index is -1.20. The molecule has 2 heterocycles. The second kappa shape index (κ2) is 12.2. The van der Waals surface area contributed by atoms with E-state index in [0.29, 0.717) is 45.1 Å². The van der Waals surface area contributed by atoms with Gasteiger partial charge in [0.15, 0.2) is 0 Å². The van der Waals surface area contributed by atoms with Crippen molar-refractivity contribution in [2.24, 2.45) is 0 Å². The SMILES string of the molecule is Cc1ccc(=O)n(CCCOc2ccc(CN3CCOC[C@](O)(COc4cccc(F)c4)C3)cc2)c1. The van der Waals surface area contributed by atoms with E-state index in [-0.39, 0.29) is 24.6 Å². The van der Waals surface area contributed by atoms with Crippen molar-refractivity contribution in [1.82, 2.24) is 9.47 Å². The molecule has 0 amide bonds. The molecule has 1 saturated heterocycles. The minimum absolute atomic E-state index is 0.00344. The molecular weight excluding hydrogens is 463 g/mol. The molecule has 8 heteroatoms. The highest BCUT2D eigenvalue weighted by Crippen LogP contribution is 2.20. The van der Waals surface area contributed by atoms with Gasteiger partial charge in [0.2, 0.25) is 0 Å². The van der Waals surface area contributed by atoms with E-state index >= 15 is 0 Å². The zero-order chi connectivity index (χ0) is 25.4. The number of nitrogens with zero attached hydrogens (tertiary/aromatic N) is 2. The molecule has 2 aromatic carbocycles. The second-order valence-electron chi connectivity index (χ2n) is 9.32. The quantitative estimate of drug-likeness (QED) is 0.434. The third-order valence-electron chi connectivity index (χ3n) is 6.02. The van der Waals surface area contributed by atoms with Gasteiger partial charge in [0, 0.05) is 44.5 Å². The maximum atomic E-state index is 13.4. The number of ether oxygens (including phenoxy) is 3. The number of β-amino-alcohol motifs (C(OH)–C–C–N with tert-alkyl or cyclic N) is 1. The molecule has 0 saturated carbocycles. The van der Waals surface area contributed by atoms with Crippen LogP contribution < -0.4 is 15.0 Å². The molecule has 7 nitrogen and oxygen atoms in total. The molecule has 1 aromatic heterocycles. The molecular formula is C28H33FN2O5. The molecule has 1 aliphatic heterocycles. The van der Waals surface area contributed by atoms with E-state index in [1.165, 1.54) is 12.1 Å². The smallest absolute Gasteiger partial charge is 0.250 e. The van der Waals surface area contributed by atoms with Gasteiger partial charge in [-0.1, -0.05) is 24.3 Å². The molecule has 1 N–H and O–H groups in total. The Labute approximate surface area is 210 Å². The monoisotopic (exact) mass is 496 g/mol. The van der Waals surface area contributed by atoms with Crippen LogP contribution in [0.4, 0.5) is 4.39 Å². The summed E-state index contributed by atoms with van der Waals surface area (Å²) < 4.78 is 32.2. The molecule has 192 valence electrons. The Bertz CT molecular complexity index is 1180. The topological polar surface area (TPSA) is 73.2 Å². The number of benzene rings is 2. The maximum absolute atomic E-state index is 13.4. The van der Waals surface area contributed by atoms with Gasteiger partial charge >= 0.3 is 0 Å². The summed E-state index contributed by atoms with van der Waals surface area (Å²) in [6.45, 7) is 5.46. The molecule has 1 aliphatic rings. The average molecular weight is 497 g/mol. The Morgan fingerprint density at radius 3 is 2.72 bits per heavy atom. The minimum Gasteiger partial charge on any atom is -0.494 e. The second-order valence-corrected chi connectivity index (χ2v) is 9.32. The molecule has 0 radical (unpaired) electrons. The number of aryl methyl sites for hydroxylation is 2. The zero-order valence-electron chi connectivity index (χ0n) is 20.6. The van der Waals surface area contributed by atoms with Gasteiger partial charge in [-0.05, 0) is 48.7 Å². The van der Waals surface area contributed by atoms with Gasteiger partial charge in [-0.25, -0.2) is 4.39 Å². The van der Waals surface area contributed by atoms with Crippen molar-refractivity contribution in [3.8, 4) is 11.5 Å².